The maximum Gasteiger partial charge on any atom is 0.150 e. The average Bonchev–Trinajstić information content (AvgIpc) is 2.55. The number of carbonyl (C=O) groups excluding carboxylic acids is 1. The first-order chi connectivity index (χ1) is 10.6. The van der Waals surface area contributed by atoms with Crippen LogP contribution in [0.1, 0.15) is 28.8 Å². The van der Waals surface area contributed by atoms with Gasteiger partial charge in [-0.1, -0.05) is 6.08 Å². The van der Waals surface area contributed by atoms with E-state index in [2.05, 4.69) is 11.5 Å². The van der Waals surface area contributed by atoms with Gasteiger partial charge in [0.25, 0.3) is 0 Å². The lowest BCUT2D eigenvalue weighted by molar-refractivity contribution is -0.131. The Morgan fingerprint density at radius 3 is 2.70 bits per heavy atom. The summed E-state index contributed by atoms with van der Waals surface area (Å²) < 4.78 is 5.94. The zero-order valence-corrected chi connectivity index (χ0v) is 13.4. The molecule has 4 rings (SSSR count). The number of rotatable bonds is 6. The van der Waals surface area contributed by atoms with E-state index < -0.39 is 5.60 Å². The fourth-order valence-corrected chi connectivity index (χ4v) is 3.64. The van der Waals surface area contributed by atoms with Gasteiger partial charge in [-0.3, -0.25) is 4.79 Å². The summed E-state index contributed by atoms with van der Waals surface area (Å²) in [5.41, 5.74) is 0.806. The number of allylic oxidation sites excluding steroid dienone is 1. The van der Waals surface area contributed by atoms with Gasteiger partial charge in [-0.2, -0.15) is 0 Å². The molecule has 3 radical (unpaired) electrons. The molecule has 4 nitrogen and oxygen atoms in total. The number of hydrogen-bond acceptors (Lipinski definition) is 4. The number of carbonyl (C=O) groups is 1. The number of ether oxygens (including phenoxy) is 1. The van der Waals surface area contributed by atoms with Crippen molar-refractivity contribution >= 4 is 14.7 Å². The van der Waals surface area contributed by atoms with E-state index in [4.69, 9.17) is 4.74 Å². The van der Waals surface area contributed by atoms with Crippen molar-refractivity contribution in [3.05, 3.63) is 42.0 Å². The third-order valence-corrected chi connectivity index (χ3v) is 4.91. The lowest BCUT2D eigenvalue weighted by Gasteiger charge is -2.50. The van der Waals surface area contributed by atoms with Crippen LogP contribution in [0.25, 0.3) is 0 Å². The molecule has 2 bridgehead atoms. The molecule has 1 N–H and O–H groups in total. The summed E-state index contributed by atoms with van der Waals surface area (Å²) in [5.74, 6) is 1.06. The summed E-state index contributed by atoms with van der Waals surface area (Å²) in [7, 11) is 0. The van der Waals surface area contributed by atoms with Gasteiger partial charge in [-0.25, -0.2) is 0 Å². The number of fused-ring (bicyclic) bond motifs is 3. The molecule has 1 atom stereocenters. The van der Waals surface area contributed by atoms with E-state index in [1.807, 2.05) is 12.1 Å². The quantitative estimate of drug-likeness (QED) is 0.493. The summed E-state index contributed by atoms with van der Waals surface area (Å²) in [5, 5.41) is 10.9. The normalized spacial score (nSPS) is 28.7. The van der Waals surface area contributed by atoms with Crippen LogP contribution < -0.4 is 4.74 Å². The third-order valence-electron chi connectivity index (χ3n) is 4.91. The standard InChI is InChI=1S/C18H23NO3.B/c1-2-3-15-10-14(11-20)4-5-17(15)22-13-18(21)12-19-8-6-16(18)7-9-19;/h2,4-5,10-11,16,21H,1,3,6-9,12-13H2;. The molecular formula is C18H23BNO3. The van der Waals surface area contributed by atoms with Gasteiger partial charge in [0.05, 0.1) is 0 Å². The molecule has 23 heavy (non-hydrogen) atoms. The third kappa shape index (κ3) is 3.67. The Balaban J connectivity index is 0.00000192. The summed E-state index contributed by atoms with van der Waals surface area (Å²) >= 11 is 0. The second-order valence-electron chi connectivity index (χ2n) is 6.42. The van der Waals surface area contributed by atoms with Crippen LogP contribution in [0.3, 0.4) is 0 Å². The monoisotopic (exact) mass is 312 g/mol. The second-order valence-corrected chi connectivity index (χ2v) is 6.42. The number of hydrogen-bond donors (Lipinski definition) is 1. The van der Waals surface area contributed by atoms with Crippen molar-refractivity contribution in [3.8, 4) is 5.75 Å². The smallest absolute Gasteiger partial charge is 0.150 e. The van der Waals surface area contributed by atoms with Gasteiger partial charge in [0.15, 0.2) is 0 Å². The van der Waals surface area contributed by atoms with Crippen molar-refractivity contribution in [1.82, 2.24) is 4.90 Å². The molecule has 0 spiro atoms. The second kappa shape index (κ2) is 7.32. The highest BCUT2D eigenvalue weighted by atomic mass is 16.5. The molecule has 3 aliphatic heterocycles. The molecule has 121 valence electrons. The lowest BCUT2D eigenvalue weighted by atomic mass is 9.76. The molecule has 1 unspecified atom stereocenters. The topological polar surface area (TPSA) is 49.8 Å². The van der Waals surface area contributed by atoms with Crippen molar-refractivity contribution in [1.29, 1.82) is 0 Å². The van der Waals surface area contributed by atoms with Crippen molar-refractivity contribution < 1.29 is 14.6 Å². The maximum absolute atomic E-state index is 10.9. The Morgan fingerprint density at radius 2 is 2.13 bits per heavy atom. The Morgan fingerprint density at radius 1 is 1.39 bits per heavy atom. The minimum Gasteiger partial charge on any atom is -0.490 e. The largest absolute Gasteiger partial charge is 0.490 e. The number of nitrogens with zero attached hydrogens (tertiary/aromatic N) is 1. The molecule has 3 heterocycles. The van der Waals surface area contributed by atoms with Gasteiger partial charge in [0, 0.05) is 20.5 Å². The van der Waals surface area contributed by atoms with Crippen LogP contribution in [0.4, 0.5) is 0 Å². The van der Waals surface area contributed by atoms with E-state index in [1.165, 1.54) is 0 Å². The molecule has 3 aliphatic rings. The first kappa shape index (κ1) is 17.8. The summed E-state index contributed by atoms with van der Waals surface area (Å²) in [6.07, 6.45) is 5.36. The molecule has 5 heteroatoms. The Bertz CT molecular complexity index is 569. The van der Waals surface area contributed by atoms with E-state index >= 15 is 0 Å². The van der Waals surface area contributed by atoms with Gasteiger partial charge in [-0.15, -0.1) is 6.58 Å². The highest BCUT2D eigenvalue weighted by molar-refractivity contribution is 5.76. The van der Waals surface area contributed by atoms with E-state index in [1.54, 1.807) is 12.1 Å². The van der Waals surface area contributed by atoms with Gasteiger partial charge in [-0.05, 0) is 62.0 Å². The van der Waals surface area contributed by atoms with Crippen LogP contribution in [0.15, 0.2) is 30.9 Å². The first-order valence-electron chi connectivity index (χ1n) is 7.91. The SMILES string of the molecule is C=CCc1cc(C=O)ccc1OCC1(O)CN2CCC1CC2.[B]. The summed E-state index contributed by atoms with van der Waals surface area (Å²) in [4.78, 5) is 13.2. The van der Waals surface area contributed by atoms with Gasteiger partial charge >= 0.3 is 0 Å². The molecular weight excluding hydrogens is 289 g/mol. The molecule has 0 saturated carbocycles. The average molecular weight is 312 g/mol. The van der Waals surface area contributed by atoms with Gasteiger partial charge in [0.1, 0.15) is 24.2 Å². The van der Waals surface area contributed by atoms with Crippen LogP contribution in [-0.2, 0) is 6.42 Å². The predicted molar refractivity (Wildman–Crippen MR) is 91.1 cm³/mol. The Hall–Kier alpha value is -1.59. The van der Waals surface area contributed by atoms with Crippen molar-refractivity contribution in [2.75, 3.05) is 26.2 Å². The van der Waals surface area contributed by atoms with Crippen molar-refractivity contribution in [3.63, 3.8) is 0 Å². The Labute approximate surface area is 139 Å². The number of aldehydes is 1. The molecule has 3 saturated heterocycles. The van der Waals surface area contributed by atoms with Gasteiger partial charge in [0.2, 0.25) is 0 Å². The fraction of sp³-hybridized carbons (Fsp3) is 0.500. The minimum absolute atomic E-state index is 0. The number of piperidine rings is 3. The first-order valence-corrected chi connectivity index (χ1v) is 7.91. The van der Waals surface area contributed by atoms with Crippen LogP contribution in [0, 0.1) is 5.92 Å². The van der Waals surface area contributed by atoms with Crippen LogP contribution >= 0.6 is 0 Å². The predicted octanol–water partition coefficient (Wildman–Crippen LogP) is 1.68. The van der Waals surface area contributed by atoms with Crippen LogP contribution in [0.2, 0.25) is 0 Å². The van der Waals surface area contributed by atoms with Crippen LogP contribution in [-0.4, -0.2) is 56.5 Å². The minimum atomic E-state index is -0.759. The van der Waals surface area contributed by atoms with E-state index in [-0.39, 0.29) is 8.41 Å². The van der Waals surface area contributed by atoms with Gasteiger partial charge < -0.3 is 14.7 Å². The van der Waals surface area contributed by atoms with E-state index in [0.29, 0.717) is 31.1 Å². The zero-order chi connectivity index (χ0) is 15.6. The van der Waals surface area contributed by atoms with E-state index in [0.717, 1.165) is 43.5 Å². The molecule has 0 amide bonds. The highest BCUT2D eigenvalue weighted by Crippen LogP contribution is 2.36. The molecule has 3 fully saturated rings. The van der Waals surface area contributed by atoms with Crippen molar-refractivity contribution in [2.24, 2.45) is 5.92 Å². The zero-order valence-electron chi connectivity index (χ0n) is 13.4. The van der Waals surface area contributed by atoms with E-state index in [9.17, 15) is 9.90 Å². The lowest BCUT2D eigenvalue weighted by Crippen LogP contribution is -2.61. The summed E-state index contributed by atoms with van der Waals surface area (Å²) in [6, 6.07) is 5.38. The maximum atomic E-state index is 10.9. The number of benzene rings is 1. The molecule has 1 aromatic rings. The molecule has 1 aromatic carbocycles. The number of aliphatic hydroxyl groups is 1. The molecule has 0 aromatic heterocycles. The summed E-state index contributed by atoms with van der Waals surface area (Å²) in [6.45, 7) is 6.92. The fourth-order valence-electron chi connectivity index (χ4n) is 3.64. The van der Waals surface area contributed by atoms with Crippen LogP contribution in [0.5, 0.6) is 5.75 Å². The van der Waals surface area contributed by atoms with Crippen molar-refractivity contribution in [2.45, 2.75) is 24.9 Å². The Kier molecular flexibility index (Phi) is 5.66. The highest BCUT2D eigenvalue weighted by Gasteiger charge is 2.46. The molecule has 0 aliphatic carbocycles.